The van der Waals surface area contributed by atoms with Crippen molar-refractivity contribution in [2.75, 3.05) is 5.32 Å². The van der Waals surface area contributed by atoms with Crippen molar-refractivity contribution in [1.82, 2.24) is 0 Å². The van der Waals surface area contributed by atoms with Crippen LogP contribution in [0.4, 0.5) is 10.1 Å². The molecule has 0 fully saturated rings. The molecule has 20 heavy (non-hydrogen) atoms. The summed E-state index contributed by atoms with van der Waals surface area (Å²) in [7, 11) is 0. The SMILES string of the molecule is Cc1ccc(F)cc1NC(C)c1ccc(C(C)C)cc1. The molecule has 0 spiro atoms. The van der Waals surface area contributed by atoms with Crippen molar-refractivity contribution in [3.05, 3.63) is 65.0 Å². The first-order valence-electron chi connectivity index (χ1n) is 7.10. The molecule has 2 heteroatoms. The molecule has 0 aliphatic rings. The van der Waals surface area contributed by atoms with E-state index in [0.717, 1.165) is 11.3 Å². The van der Waals surface area contributed by atoms with Crippen LogP contribution in [-0.2, 0) is 0 Å². The van der Waals surface area contributed by atoms with Crippen molar-refractivity contribution in [2.45, 2.75) is 39.7 Å². The summed E-state index contributed by atoms with van der Waals surface area (Å²) in [5.74, 6) is 0.332. The standard InChI is InChI=1S/C18H22FN/c1-12(2)15-6-8-16(9-7-15)14(4)20-18-11-17(19)10-5-13(18)3/h5-12,14,20H,1-4H3. The van der Waals surface area contributed by atoms with Gasteiger partial charge < -0.3 is 5.32 Å². The smallest absolute Gasteiger partial charge is 0.125 e. The number of nitrogens with one attached hydrogen (secondary N) is 1. The van der Waals surface area contributed by atoms with E-state index in [9.17, 15) is 4.39 Å². The molecule has 1 N–H and O–H groups in total. The molecule has 1 atom stereocenters. The molecule has 0 aliphatic heterocycles. The molecule has 1 nitrogen and oxygen atoms in total. The molecular weight excluding hydrogens is 249 g/mol. The van der Waals surface area contributed by atoms with Crippen LogP contribution in [0.2, 0.25) is 0 Å². The molecule has 2 aromatic rings. The topological polar surface area (TPSA) is 12.0 Å². The second-order valence-electron chi connectivity index (χ2n) is 5.65. The summed E-state index contributed by atoms with van der Waals surface area (Å²) in [6.45, 7) is 8.45. The Balaban J connectivity index is 2.15. The van der Waals surface area contributed by atoms with Crippen LogP contribution in [0.1, 0.15) is 49.4 Å². The van der Waals surface area contributed by atoms with Crippen molar-refractivity contribution < 1.29 is 4.39 Å². The maximum absolute atomic E-state index is 13.3. The maximum atomic E-state index is 13.3. The lowest BCUT2D eigenvalue weighted by Crippen LogP contribution is -2.08. The van der Waals surface area contributed by atoms with E-state index in [1.807, 2.05) is 6.92 Å². The molecule has 0 saturated heterocycles. The quantitative estimate of drug-likeness (QED) is 0.781. The van der Waals surface area contributed by atoms with Crippen LogP contribution in [0.15, 0.2) is 42.5 Å². The lowest BCUT2D eigenvalue weighted by molar-refractivity contribution is 0.627. The molecule has 0 bridgehead atoms. The minimum Gasteiger partial charge on any atom is -0.378 e. The fraction of sp³-hybridized carbons (Fsp3) is 0.333. The Labute approximate surface area is 120 Å². The number of hydrogen-bond donors (Lipinski definition) is 1. The number of rotatable bonds is 4. The van der Waals surface area contributed by atoms with Crippen LogP contribution in [0.25, 0.3) is 0 Å². The molecular formula is C18H22FN. The van der Waals surface area contributed by atoms with Gasteiger partial charge in [0.2, 0.25) is 0 Å². The summed E-state index contributed by atoms with van der Waals surface area (Å²) >= 11 is 0. The number of benzene rings is 2. The highest BCUT2D eigenvalue weighted by atomic mass is 19.1. The summed E-state index contributed by atoms with van der Waals surface area (Å²) in [5, 5.41) is 3.38. The van der Waals surface area contributed by atoms with E-state index in [0.29, 0.717) is 5.92 Å². The highest BCUT2D eigenvalue weighted by Gasteiger charge is 2.08. The lowest BCUT2D eigenvalue weighted by Gasteiger charge is -2.18. The predicted octanol–water partition coefficient (Wildman–Crippen LogP) is 5.43. The Morgan fingerprint density at radius 1 is 0.900 bits per heavy atom. The molecule has 0 heterocycles. The van der Waals surface area contributed by atoms with Gasteiger partial charge in [0.15, 0.2) is 0 Å². The number of aryl methyl sites for hydroxylation is 1. The summed E-state index contributed by atoms with van der Waals surface area (Å²) in [4.78, 5) is 0. The maximum Gasteiger partial charge on any atom is 0.125 e. The Morgan fingerprint density at radius 2 is 1.50 bits per heavy atom. The highest BCUT2D eigenvalue weighted by molar-refractivity contribution is 5.52. The van der Waals surface area contributed by atoms with Gasteiger partial charge in [-0.25, -0.2) is 4.39 Å². The van der Waals surface area contributed by atoms with Gasteiger partial charge >= 0.3 is 0 Å². The average molecular weight is 271 g/mol. The van der Waals surface area contributed by atoms with E-state index in [2.05, 4.69) is 50.4 Å². The molecule has 2 rings (SSSR count). The van der Waals surface area contributed by atoms with Gasteiger partial charge in [-0.15, -0.1) is 0 Å². The van der Waals surface area contributed by atoms with Crippen molar-refractivity contribution >= 4 is 5.69 Å². The van der Waals surface area contributed by atoms with E-state index in [4.69, 9.17) is 0 Å². The average Bonchev–Trinajstić information content (AvgIpc) is 2.43. The fourth-order valence-corrected chi connectivity index (χ4v) is 2.24. The van der Waals surface area contributed by atoms with E-state index in [1.54, 1.807) is 12.1 Å². The third-order valence-electron chi connectivity index (χ3n) is 3.67. The van der Waals surface area contributed by atoms with Crippen LogP contribution in [-0.4, -0.2) is 0 Å². The largest absolute Gasteiger partial charge is 0.378 e. The summed E-state index contributed by atoms with van der Waals surface area (Å²) in [6, 6.07) is 13.6. The van der Waals surface area contributed by atoms with Crippen molar-refractivity contribution in [3.8, 4) is 0 Å². The van der Waals surface area contributed by atoms with Gasteiger partial charge in [0.25, 0.3) is 0 Å². The normalized spacial score (nSPS) is 12.5. The zero-order valence-corrected chi connectivity index (χ0v) is 12.6. The first-order chi connectivity index (χ1) is 9.47. The van der Waals surface area contributed by atoms with Crippen LogP contribution in [0.3, 0.4) is 0 Å². The molecule has 0 saturated carbocycles. The zero-order chi connectivity index (χ0) is 14.7. The first kappa shape index (κ1) is 14.6. The Bertz CT molecular complexity index is 572. The van der Waals surface area contributed by atoms with Crippen LogP contribution < -0.4 is 5.32 Å². The van der Waals surface area contributed by atoms with E-state index in [-0.39, 0.29) is 11.9 Å². The Hall–Kier alpha value is -1.83. The zero-order valence-electron chi connectivity index (χ0n) is 12.6. The third kappa shape index (κ3) is 3.38. The van der Waals surface area contributed by atoms with Gasteiger partial charge in [-0.1, -0.05) is 44.2 Å². The summed E-state index contributed by atoms with van der Waals surface area (Å²) in [5.41, 5.74) is 4.45. The molecule has 106 valence electrons. The second-order valence-corrected chi connectivity index (χ2v) is 5.65. The third-order valence-corrected chi connectivity index (χ3v) is 3.67. The van der Waals surface area contributed by atoms with Gasteiger partial charge in [0, 0.05) is 11.7 Å². The van der Waals surface area contributed by atoms with Gasteiger partial charge in [-0.3, -0.25) is 0 Å². The molecule has 1 unspecified atom stereocenters. The van der Waals surface area contributed by atoms with Crippen molar-refractivity contribution in [3.63, 3.8) is 0 Å². The van der Waals surface area contributed by atoms with Gasteiger partial charge in [-0.2, -0.15) is 0 Å². The van der Waals surface area contributed by atoms with Crippen LogP contribution in [0.5, 0.6) is 0 Å². The van der Waals surface area contributed by atoms with E-state index in [1.165, 1.54) is 17.2 Å². The lowest BCUT2D eigenvalue weighted by atomic mass is 9.99. The molecule has 0 aromatic heterocycles. The van der Waals surface area contributed by atoms with Crippen molar-refractivity contribution in [1.29, 1.82) is 0 Å². The Kier molecular flexibility index (Phi) is 4.43. The van der Waals surface area contributed by atoms with Crippen LogP contribution >= 0.6 is 0 Å². The van der Waals surface area contributed by atoms with Crippen molar-refractivity contribution in [2.24, 2.45) is 0 Å². The fourth-order valence-electron chi connectivity index (χ4n) is 2.24. The predicted molar refractivity (Wildman–Crippen MR) is 83.7 cm³/mol. The van der Waals surface area contributed by atoms with E-state index >= 15 is 0 Å². The van der Waals surface area contributed by atoms with Gasteiger partial charge in [0.1, 0.15) is 5.82 Å². The minimum atomic E-state index is -0.208. The molecule has 2 aromatic carbocycles. The second kappa shape index (κ2) is 6.08. The van der Waals surface area contributed by atoms with Gasteiger partial charge in [-0.05, 0) is 48.6 Å². The minimum absolute atomic E-state index is 0.150. The number of hydrogen-bond acceptors (Lipinski definition) is 1. The van der Waals surface area contributed by atoms with Crippen LogP contribution in [0, 0.1) is 12.7 Å². The van der Waals surface area contributed by atoms with Gasteiger partial charge in [0.05, 0.1) is 0 Å². The molecule has 0 radical (unpaired) electrons. The van der Waals surface area contributed by atoms with E-state index < -0.39 is 0 Å². The number of anilines is 1. The number of halogens is 1. The summed E-state index contributed by atoms with van der Waals surface area (Å²) < 4.78 is 13.3. The molecule has 0 aliphatic carbocycles. The highest BCUT2D eigenvalue weighted by Crippen LogP contribution is 2.24. The Morgan fingerprint density at radius 3 is 2.10 bits per heavy atom. The first-order valence-corrected chi connectivity index (χ1v) is 7.10. The summed E-state index contributed by atoms with van der Waals surface area (Å²) in [6.07, 6.45) is 0. The molecule has 0 amide bonds. The monoisotopic (exact) mass is 271 g/mol.